The summed E-state index contributed by atoms with van der Waals surface area (Å²) in [5.41, 5.74) is 1.53. The number of halogens is 2. The van der Waals surface area contributed by atoms with Gasteiger partial charge in [0.25, 0.3) is 0 Å². The van der Waals surface area contributed by atoms with Crippen molar-refractivity contribution in [2.75, 3.05) is 7.11 Å². The molecule has 5 heteroatoms. The summed E-state index contributed by atoms with van der Waals surface area (Å²) in [6, 6.07) is 10.8. The van der Waals surface area contributed by atoms with Crippen LogP contribution in [0.2, 0.25) is 10.0 Å². The lowest BCUT2D eigenvalue weighted by atomic mass is 9.95. The Kier molecular flexibility index (Phi) is 3.98. The molecule has 2 unspecified atom stereocenters. The van der Waals surface area contributed by atoms with Gasteiger partial charge in [-0.1, -0.05) is 35.3 Å². The normalized spacial score (nSPS) is 20.6. The molecule has 0 aromatic heterocycles. The number of aliphatic hydroxyl groups is 1. The summed E-state index contributed by atoms with van der Waals surface area (Å²) >= 11 is 12.3. The minimum Gasteiger partial charge on any atom is -0.497 e. The molecule has 0 amide bonds. The average Bonchev–Trinajstić information content (AvgIpc) is 2.49. The third-order valence-corrected chi connectivity index (χ3v) is 4.45. The van der Waals surface area contributed by atoms with Crippen LogP contribution >= 0.6 is 23.2 Å². The van der Waals surface area contributed by atoms with Gasteiger partial charge in [0, 0.05) is 23.6 Å². The molecule has 2 aromatic carbocycles. The molecule has 21 heavy (non-hydrogen) atoms. The zero-order valence-electron chi connectivity index (χ0n) is 11.3. The second-order valence-electron chi connectivity index (χ2n) is 4.90. The number of fused-ring (bicyclic) bond motifs is 1. The van der Waals surface area contributed by atoms with E-state index >= 15 is 0 Å². The molecule has 0 saturated carbocycles. The average molecular weight is 325 g/mol. The van der Waals surface area contributed by atoms with E-state index in [9.17, 15) is 5.11 Å². The highest BCUT2D eigenvalue weighted by Crippen LogP contribution is 2.44. The van der Waals surface area contributed by atoms with Gasteiger partial charge in [0.2, 0.25) is 0 Å². The zero-order chi connectivity index (χ0) is 15.0. The SMILES string of the molecule is COc1ccc2c(c1)OC(c1cccc(Cl)c1Cl)CC2O. The molecular weight excluding hydrogens is 311 g/mol. The Morgan fingerprint density at radius 2 is 2.00 bits per heavy atom. The molecule has 1 aliphatic rings. The van der Waals surface area contributed by atoms with Crippen molar-refractivity contribution in [3.05, 3.63) is 57.6 Å². The summed E-state index contributed by atoms with van der Waals surface area (Å²) in [5.74, 6) is 1.29. The monoisotopic (exact) mass is 324 g/mol. The van der Waals surface area contributed by atoms with Crippen LogP contribution in [-0.2, 0) is 0 Å². The van der Waals surface area contributed by atoms with E-state index in [-0.39, 0.29) is 6.10 Å². The minimum absolute atomic E-state index is 0.342. The number of rotatable bonds is 2. The first-order chi connectivity index (χ1) is 10.1. The van der Waals surface area contributed by atoms with Crippen molar-refractivity contribution in [2.24, 2.45) is 0 Å². The van der Waals surface area contributed by atoms with E-state index in [0.717, 1.165) is 11.1 Å². The maximum atomic E-state index is 10.3. The van der Waals surface area contributed by atoms with E-state index in [1.807, 2.05) is 18.2 Å². The van der Waals surface area contributed by atoms with Crippen LogP contribution in [0, 0.1) is 0 Å². The van der Waals surface area contributed by atoms with Crippen molar-refractivity contribution in [1.29, 1.82) is 0 Å². The predicted molar refractivity (Wildman–Crippen MR) is 82.4 cm³/mol. The van der Waals surface area contributed by atoms with Crippen molar-refractivity contribution in [2.45, 2.75) is 18.6 Å². The third kappa shape index (κ3) is 2.69. The fourth-order valence-electron chi connectivity index (χ4n) is 2.51. The van der Waals surface area contributed by atoms with Gasteiger partial charge in [-0.2, -0.15) is 0 Å². The standard InChI is InChI=1S/C16H14Cl2O3/c1-20-9-5-6-10-13(19)8-15(21-14(10)7-9)11-3-2-4-12(17)16(11)18/h2-7,13,15,19H,8H2,1H3. The number of hydrogen-bond donors (Lipinski definition) is 1. The van der Waals surface area contributed by atoms with Gasteiger partial charge in [-0.05, 0) is 18.2 Å². The van der Waals surface area contributed by atoms with Crippen LogP contribution in [0.5, 0.6) is 11.5 Å². The summed E-state index contributed by atoms with van der Waals surface area (Å²) in [6.45, 7) is 0. The van der Waals surface area contributed by atoms with Crippen molar-refractivity contribution in [1.82, 2.24) is 0 Å². The molecule has 2 atom stereocenters. The van der Waals surface area contributed by atoms with Gasteiger partial charge in [0.1, 0.15) is 17.6 Å². The van der Waals surface area contributed by atoms with Gasteiger partial charge < -0.3 is 14.6 Å². The van der Waals surface area contributed by atoms with Crippen LogP contribution in [0.15, 0.2) is 36.4 Å². The molecule has 0 bridgehead atoms. The quantitative estimate of drug-likeness (QED) is 0.880. The van der Waals surface area contributed by atoms with Gasteiger partial charge >= 0.3 is 0 Å². The van der Waals surface area contributed by atoms with Gasteiger partial charge in [-0.25, -0.2) is 0 Å². The Hall–Kier alpha value is -1.42. The maximum absolute atomic E-state index is 10.3. The van der Waals surface area contributed by atoms with Crippen LogP contribution in [0.25, 0.3) is 0 Å². The van der Waals surface area contributed by atoms with E-state index in [4.69, 9.17) is 32.7 Å². The first-order valence-electron chi connectivity index (χ1n) is 6.56. The summed E-state index contributed by atoms with van der Waals surface area (Å²) in [5, 5.41) is 11.3. The highest BCUT2D eigenvalue weighted by Gasteiger charge is 2.30. The molecular formula is C16H14Cl2O3. The molecule has 1 N–H and O–H groups in total. The molecule has 2 aromatic rings. The summed E-state index contributed by atoms with van der Waals surface area (Å²) in [4.78, 5) is 0. The molecule has 1 heterocycles. The fraction of sp³-hybridized carbons (Fsp3) is 0.250. The van der Waals surface area contributed by atoms with Crippen LogP contribution in [0.1, 0.15) is 29.8 Å². The lowest BCUT2D eigenvalue weighted by Crippen LogP contribution is -2.19. The Labute approximate surface area is 133 Å². The van der Waals surface area contributed by atoms with Crippen molar-refractivity contribution in [3.8, 4) is 11.5 Å². The first kappa shape index (κ1) is 14.5. The van der Waals surface area contributed by atoms with Crippen LogP contribution in [0.4, 0.5) is 0 Å². The summed E-state index contributed by atoms with van der Waals surface area (Å²) in [7, 11) is 1.59. The first-order valence-corrected chi connectivity index (χ1v) is 7.32. The second kappa shape index (κ2) is 5.76. The number of benzene rings is 2. The largest absolute Gasteiger partial charge is 0.497 e. The topological polar surface area (TPSA) is 38.7 Å². The molecule has 0 aliphatic carbocycles. The van der Waals surface area contributed by atoms with Crippen LogP contribution < -0.4 is 9.47 Å². The van der Waals surface area contributed by atoms with Gasteiger partial charge in [0.15, 0.2) is 0 Å². The summed E-state index contributed by atoms with van der Waals surface area (Å²) in [6.07, 6.45) is -0.523. The van der Waals surface area contributed by atoms with Crippen molar-refractivity contribution < 1.29 is 14.6 Å². The smallest absolute Gasteiger partial charge is 0.129 e. The van der Waals surface area contributed by atoms with E-state index in [1.165, 1.54) is 0 Å². The summed E-state index contributed by atoms with van der Waals surface area (Å²) < 4.78 is 11.2. The minimum atomic E-state index is -0.611. The molecule has 0 spiro atoms. The van der Waals surface area contributed by atoms with E-state index < -0.39 is 6.10 Å². The van der Waals surface area contributed by atoms with Gasteiger partial charge in [0.05, 0.1) is 23.3 Å². The Balaban J connectivity index is 1.99. The predicted octanol–water partition coefficient (Wildman–Crippen LogP) is 4.56. The fourth-order valence-corrected chi connectivity index (χ4v) is 2.94. The molecule has 0 fully saturated rings. The Morgan fingerprint density at radius 3 is 2.76 bits per heavy atom. The Morgan fingerprint density at radius 1 is 1.19 bits per heavy atom. The molecule has 1 aliphatic heterocycles. The van der Waals surface area contributed by atoms with Crippen molar-refractivity contribution >= 4 is 23.2 Å². The van der Waals surface area contributed by atoms with Crippen molar-refractivity contribution in [3.63, 3.8) is 0 Å². The molecule has 3 nitrogen and oxygen atoms in total. The molecule has 0 radical (unpaired) electrons. The van der Waals surface area contributed by atoms with Gasteiger partial charge in [-0.3, -0.25) is 0 Å². The molecule has 0 saturated heterocycles. The zero-order valence-corrected chi connectivity index (χ0v) is 12.9. The number of hydrogen-bond acceptors (Lipinski definition) is 3. The number of aliphatic hydroxyl groups excluding tert-OH is 1. The highest BCUT2D eigenvalue weighted by molar-refractivity contribution is 6.42. The molecule has 110 valence electrons. The van der Waals surface area contributed by atoms with Crippen LogP contribution in [-0.4, -0.2) is 12.2 Å². The lowest BCUT2D eigenvalue weighted by Gasteiger charge is -2.30. The van der Waals surface area contributed by atoms with E-state index in [0.29, 0.717) is 28.0 Å². The van der Waals surface area contributed by atoms with E-state index in [1.54, 1.807) is 25.3 Å². The number of ether oxygens (including phenoxy) is 2. The van der Waals surface area contributed by atoms with Gasteiger partial charge in [-0.15, -0.1) is 0 Å². The second-order valence-corrected chi connectivity index (χ2v) is 5.69. The number of methoxy groups -OCH3 is 1. The third-order valence-electron chi connectivity index (χ3n) is 3.61. The molecule has 3 rings (SSSR count). The van der Waals surface area contributed by atoms with Crippen LogP contribution in [0.3, 0.4) is 0 Å². The maximum Gasteiger partial charge on any atom is 0.129 e. The Bertz CT molecular complexity index is 673. The van der Waals surface area contributed by atoms with E-state index in [2.05, 4.69) is 0 Å². The highest BCUT2D eigenvalue weighted by atomic mass is 35.5. The lowest BCUT2D eigenvalue weighted by molar-refractivity contribution is 0.0655.